The van der Waals surface area contributed by atoms with Gasteiger partial charge < -0.3 is 5.32 Å². The number of benzene rings is 1. The SMILES string of the molecule is C=CCCCCCc1ccccc1NC. The van der Waals surface area contributed by atoms with Crippen LogP contribution in [-0.4, -0.2) is 7.05 Å². The van der Waals surface area contributed by atoms with Gasteiger partial charge in [-0.15, -0.1) is 6.58 Å². The summed E-state index contributed by atoms with van der Waals surface area (Å²) in [5.41, 5.74) is 2.69. The molecule has 0 radical (unpaired) electrons. The molecular weight excluding hydrogens is 182 g/mol. The van der Waals surface area contributed by atoms with Crippen LogP contribution in [0.3, 0.4) is 0 Å². The van der Waals surface area contributed by atoms with Crippen LogP contribution in [0.15, 0.2) is 36.9 Å². The van der Waals surface area contributed by atoms with Gasteiger partial charge >= 0.3 is 0 Å². The van der Waals surface area contributed by atoms with Crippen molar-refractivity contribution in [3.63, 3.8) is 0 Å². The van der Waals surface area contributed by atoms with Crippen LogP contribution >= 0.6 is 0 Å². The second-order valence-corrected chi connectivity index (χ2v) is 3.80. The molecule has 1 heteroatoms. The molecule has 0 aliphatic rings. The fourth-order valence-corrected chi connectivity index (χ4v) is 1.76. The average Bonchev–Trinajstić information content (AvgIpc) is 2.29. The zero-order chi connectivity index (χ0) is 10.9. The molecule has 1 rings (SSSR count). The lowest BCUT2D eigenvalue weighted by molar-refractivity contribution is 0.688. The zero-order valence-electron chi connectivity index (χ0n) is 9.63. The molecule has 0 amide bonds. The molecule has 0 aromatic heterocycles. The number of aryl methyl sites for hydroxylation is 1. The summed E-state index contributed by atoms with van der Waals surface area (Å²) in [4.78, 5) is 0. The van der Waals surface area contributed by atoms with E-state index < -0.39 is 0 Å². The third-order valence-corrected chi connectivity index (χ3v) is 2.64. The molecule has 0 unspecified atom stereocenters. The van der Waals surface area contributed by atoms with Gasteiger partial charge in [-0.3, -0.25) is 0 Å². The van der Waals surface area contributed by atoms with Gasteiger partial charge in [-0.05, 0) is 37.3 Å². The second kappa shape index (κ2) is 7.10. The number of unbranched alkanes of at least 4 members (excludes halogenated alkanes) is 3. The largest absolute Gasteiger partial charge is 0.388 e. The highest BCUT2D eigenvalue weighted by molar-refractivity contribution is 5.50. The van der Waals surface area contributed by atoms with Gasteiger partial charge in [0.25, 0.3) is 0 Å². The van der Waals surface area contributed by atoms with Crippen molar-refractivity contribution < 1.29 is 0 Å². The first-order valence-corrected chi connectivity index (χ1v) is 5.75. The van der Waals surface area contributed by atoms with Crippen LogP contribution in [-0.2, 0) is 6.42 Å². The minimum atomic E-state index is 1.15. The fraction of sp³-hybridized carbons (Fsp3) is 0.429. The van der Waals surface area contributed by atoms with Crippen LogP contribution in [0, 0.1) is 0 Å². The third kappa shape index (κ3) is 4.20. The first-order valence-electron chi connectivity index (χ1n) is 5.75. The highest BCUT2D eigenvalue weighted by atomic mass is 14.8. The number of hydrogen-bond acceptors (Lipinski definition) is 1. The minimum absolute atomic E-state index is 1.15. The summed E-state index contributed by atoms with van der Waals surface area (Å²) in [6.45, 7) is 3.73. The number of allylic oxidation sites excluding steroid dienone is 1. The molecule has 0 bridgehead atoms. The summed E-state index contributed by atoms with van der Waals surface area (Å²) < 4.78 is 0. The summed E-state index contributed by atoms with van der Waals surface area (Å²) in [7, 11) is 1.98. The number of para-hydroxylation sites is 1. The second-order valence-electron chi connectivity index (χ2n) is 3.80. The molecule has 0 spiro atoms. The third-order valence-electron chi connectivity index (χ3n) is 2.64. The summed E-state index contributed by atoms with van der Waals surface area (Å²) in [5, 5.41) is 3.23. The van der Waals surface area contributed by atoms with Crippen LogP contribution in [0.5, 0.6) is 0 Å². The Hall–Kier alpha value is -1.24. The van der Waals surface area contributed by atoms with Crippen LogP contribution in [0.1, 0.15) is 31.2 Å². The first kappa shape index (κ1) is 11.8. The van der Waals surface area contributed by atoms with E-state index in [-0.39, 0.29) is 0 Å². The van der Waals surface area contributed by atoms with Gasteiger partial charge in [0.05, 0.1) is 0 Å². The maximum absolute atomic E-state index is 3.73. The van der Waals surface area contributed by atoms with Crippen LogP contribution < -0.4 is 5.32 Å². The number of anilines is 1. The Morgan fingerprint density at radius 2 is 2.00 bits per heavy atom. The van der Waals surface area contributed by atoms with Gasteiger partial charge in [0.1, 0.15) is 0 Å². The van der Waals surface area contributed by atoms with Crippen molar-refractivity contribution in [2.45, 2.75) is 32.1 Å². The zero-order valence-corrected chi connectivity index (χ0v) is 9.63. The molecule has 1 aromatic rings. The standard InChI is InChI=1S/C14H21N/c1-3-4-5-6-7-10-13-11-8-9-12-14(13)15-2/h3,8-9,11-12,15H,1,4-7,10H2,2H3. The van der Waals surface area contributed by atoms with Crippen molar-refractivity contribution in [1.82, 2.24) is 0 Å². The fourth-order valence-electron chi connectivity index (χ4n) is 1.76. The molecule has 0 atom stereocenters. The topological polar surface area (TPSA) is 12.0 Å². The molecule has 0 aliphatic heterocycles. The lowest BCUT2D eigenvalue weighted by Gasteiger charge is -2.08. The lowest BCUT2D eigenvalue weighted by Crippen LogP contribution is -1.95. The monoisotopic (exact) mass is 203 g/mol. The maximum Gasteiger partial charge on any atom is 0.0370 e. The molecule has 0 aliphatic carbocycles. The van der Waals surface area contributed by atoms with Crippen molar-refractivity contribution >= 4 is 5.69 Å². The normalized spacial score (nSPS) is 9.93. The summed E-state index contributed by atoms with van der Waals surface area (Å²) in [6, 6.07) is 8.53. The van der Waals surface area contributed by atoms with Gasteiger partial charge in [-0.1, -0.05) is 30.7 Å². The van der Waals surface area contributed by atoms with E-state index in [2.05, 4.69) is 36.2 Å². The molecule has 0 heterocycles. The average molecular weight is 203 g/mol. The van der Waals surface area contributed by atoms with E-state index >= 15 is 0 Å². The van der Waals surface area contributed by atoms with E-state index in [0.29, 0.717) is 0 Å². The van der Waals surface area contributed by atoms with Crippen LogP contribution in [0.25, 0.3) is 0 Å². The van der Waals surface area contributed by atoms with Gasteiger partial charge in [-0.2, -0.15) is 0 Å². The van der Waals surface area contributed by atoms with Crippen LogP contribution in [0.2, 0.25) is 0 Å². The highest BCUT2D eigenvalue weighted by Gasteiger charge is 1.98. The van der Waals surface area contributed by atoms with Gasteiger partial charge in [0.15, 0.2) is 0 Å². The molecule has 82 valence electrons. The van der Waals surface area contributed by atoms with E-state index in [1.165, 1.54) is 36.9 Å². The smallest absolute Gasteiger partial charge is 0.0370 e. The highest BCUT2D eigenvalue weighted by Crippen LogP contribution is 2.17. The Balaban J connectivity index is 2.33. The summed E-state index contributed by atoms with van der Waals surface area (Å²) in [6.07, 6.45) is 8.16. The van der Waals surface area contributed by atoms with Crippen molar-refractivity contribution in [3.8, 4) is 0 Å². The number of rotatable bonds is 7. The molecule has 15 heavy (non-hydrogen) atoms. The Kier molecular flexibility index (Phi) is 5.60. The molecular formula is C14H21N. The Bertz CT molecular complexity index is 291. The van der Waals surface area contributed by atoms with E-state index in [4.69, 9.17) is 0 Å². The van der Waals surface area contributed by atoms with Crippen molar-refractivity contribution in [2.75, 3.05) is 12.4 Å². The van der Waals surface area contributed by atoms with E-state index in [0.717, 1.165) is 6.42 Å². The molecule has 1 nitrogen and oxygen atoms in total. The number of hydrogen-bond donors (Lipinski definition) is 1. The van der Waals surface area contributed by atoms with E-state index in [9.17, 15) is 0 Å². The van der Waals surface area contributed by atoms with Gasteiger partial charge in [0.2, 0.25) is 0 Å². The summed E-state index contributed by atoms with van der Waals surface area (Å²) in [5.74, 6) is 0. The quantitative estimate of drug-likeness (QED) is 0.521. The Labute approximate surface area is 93.2 Å². The van der Waals surface area contributed by atoms with Crippen LogP contribution in [0.4, 0.5) is 5.69 Å². The molecule has 1 N–H and O–H groups in total. The molecule has 1 aromatic carbocycles. The molecule has 0 fully saturated rings. The lowest BCUT2D eigenvalue weighted by atomic mass is 10.0. The molecule has 0 saturated heterocycles. The first-order chi connectivity index (χ1) is 7.38. The van der Waals surface area contributed by atoms with E-state index in [1.807, 2.05) is 13.1 Å². The van der Waals surface area contributed by atoms with Crippen molar-refractivity contribution in [1.29, 1.82) is 0 Å². The van der Waals surface area contributed by atoms with Gasteiger partial charge in [0, 0.05) is 12.7 Å². The molecule has 0 saturated carbocycles. The Morgan fingerprint density at radius 3 is 2.73 bits per heavy atom. The van der Waals surface area contributed by atoms with Gasteiger partial charge in [-0.25, -0.2) is 0 Å². The van der Waals surface area contributed by atoms with E-state index in [1.54, 1.807) is 0 Å². The predicted molar refractivity (Wildman–Crippen MR) is 68.4 cm³/mol. The predicted octanol–water partition coefficient (Wildman–Crippen LogP) is 4.02. The van der Waals surface area contributed by atoms with Crippen molar-refractivity contribution in [2.24, 2.45) is 0 Å². The maximum atomic E-state index is 3.73. The minimum Gasteiger partial charge on any atom is -0.388 e. The van der Waals surface area contributed by atoms with Crippen molar-refractivity contribution in [3.05, 3.63) is 42.5 Å². The number of nitrogens with one attached hydrogen (secondary N) is 1. The summed E-state index contributed by atoms with van der Waals surface area (Å²) >= 11 is 0. The Morgan fingerprint density at radius 1 is 1.20 bits per heavy atom.